The van der Waals surface area contributed by atoms with E-state index in [0.717, 1.165) is 11.4 Å². The van der Waals surface area contributed by atoms with Crippen molar-refractivity contribution in [1.82, 2.24) is 15.1 Å². The zero-order valence-corrected chi connectivity index (χ0v) is 12.6. The molecule has 0 unspecified atom stereocenters. The molecule has 3 N–H and O–H groups in total. The lowest BCUT2D eigenvalue weighted by Crippen LogP contribution is -2.26. The number of amides is 1. The molecule has 0 saturated heterocycles. The molecule has 0 atom stereocenters. The fourth-order valence-electron chi connectivity index (χ4n) is 2.11. The van der Waals surface area contributed by atoms with E-state index in [2.05, 4.69) is 10.4 Å². The van der Waals surface area contributed by atoms with Crippen LogP contribution in [0.5, 0.6) is 0 Å². The van der Waals surface area contributed by atoms with Crippen LogP contribution in [-0.4, -0.2) is 36.3 Å². The van der Waals surface area contributed by atoms with E-state index in [1.165, 1.54) is 0 Å². The van der Waals surface area contributed by atoms with Gasteiger partial charge in [0.1, 0.15) is 0 Å². The highest BCUT2D eigenvalue weighted by Crippen LogP contribution is 2.22. The normalized spacial score (nSPS) is 10.4. The highest BCUT2D eigenvalue weighted by Gasteiger charge is 2.09. The Bertz CT molecular complexity index is 633. The number of benzene rings is 1. The van der Waals surface area contributed by atoms with Crippen molar-refractivity contribution in [3.63, 3.8) is 0 Å². The highest BCUT2D eigenvalue weighted by atomic mass is 16.1. The van der Waals surface area contributed by atoms with Gasteiger partial charge < -0.3 is 16.0 Å². The van der Waals surface area contributed by atoms with Crippen molar-refractivity contribution in [2.24, 2.45) is 7.05 Å². The minimum atomic E-state index is -0.122. The van der Waals surface area contributed by atoms with Gasteiger partial charge in [0.05, 0.1) is 17.1 Å². The monoisotopic (exact) mass is 287 g/mol. The molecule has 1 heterocycles. The van der Waals surface area contributed by atoms with Gasteiger partial charge in [0.15, 0.2) is 0 Å². The van der Waals surface area contributed by atoms with Gasteiger partial charge in [0, 0.05) is 45.9 Å². The topological polar surface area (TPSA) is 76.2 Å². The second-order valence-corrected chi connectivity index (χ2v) is 5.15. The summed E-state index contributed by atoms with van der Waals surface area (Å²) in [5.74, 6) is -0.122. The first-order valence-electron chi connectivity index (χ1n) is 6.81. The summed E-state index contributed by atoms with van der Waals surface area (Å²) in [7, 11) is 5.70. The lowest BCUT2D eigenvalue weighted by Gasteiger charge is -2.15. The van der Waals surface area contributed by atoms with Crippen molar-refractivity contribution in [3.8, 4) is 0 Å². The molecule has 0 saturated carbocycles. The summed E-state index contributed by atoms with van der Waals surface area (Å²) in [5, 5.41) is 7.14. The fraction of sp³-hybridized carbons (Fsp3) is 0.333. The molecule has 1 amide bonds. The number of nitrogens with zero attached hydrogens (tertiary/aromatic N) is 3. The van der Waals surface area contributed by atoms with Crippen LogP contribution in [0.4, 0.5) is 11.4 Å². The molecular formula is C15H21N5O. The quantitative estimate of drug-likeness (QED) is 0.806. The van der Waals surface area contributed by atoms with Gasteiger partial charge in [0.2, 0.25) is 0 Å². The fourth-order valence-corrected chi connectivity index (χ4v) is 2.11. The minimum absolute atomic E-state index is 0.122. The Balaban J connectivity index is 1.92. The Morgan fingerprint density at radius 1 is 1.38 bits per heavy atom. The molecule has 0 bridgehead atoms. The number of nitrogen functional groups attached to an aromatic ring is 1. The van der Waals surface area contributed by atoms with E-state index in [-0.39, 0.29) is 5.91 Å². The molecule has 0 aliphatic carbocycles. The average molecular weight is 287 g/mol. The molecule has 6 nitrogen and oxygen atoms in total. The van der Waals surface area contributed by atoms with Crippen molar-refractivity contribution in [2.45, 2.75) is 6.42 Å². The van der Waals surface area contributed by atoms with Crippen LogP contribution in [0.25, 0.3) is 0 Å². The van der Waals surface area contributed by atoms with Gasteiger partial charge in [-0.25, -0.2) is 0 Å². The first kappa shape index (κ1) is 14.9. The van der Waals surface area contributed by atoms with Crippen LogP contribution in [-0.2, 0) is 13.5 Å². The lowest BCUT2D eigenvalue weighted by molar-refractivity contribution is 0.0954. The summed E-state index contributed by atoms with van der Waals surface area (Å²) < 4.78 is 1.75. The van der Waals surface area contributed by atoms with E-state index < -0.39 is 0 Å². The van der Waals surface area contributed by atoms with Gasteiger partial charge in [-0.3, -0.25) is 9.48 Å². The number of nitrogens with one attached hydrogen (secondary N) is 1. The maximum Gasteiger partial charge on any atom is 0.251 e. The van der Waals surface area contributed by atoms with Crippen molar-refractivity contribution in [3.05, 3.63) is 41.7 Å². The lowest BCUT2D eigenvalue weighted by atomic mass is 10.1. The third kappa shape index (κ3) is 3.75. The maximum atomic E-state index is 12.1. The van der Waals surface area contributed by atoms with Crippen LogP contribution in [0.2, 0.25) is 0 Å². The summed E-state index contributed by atoms with van der Waals surface area (Å²) in [6.07, 6.45) is 2.59. The largest absolute Gasteiger partial charge is 0.397 e. The van der Waals surface area contributed by atoms with Crippen molar-refractivity contribution >= 4 is 17.3 Å². The molecule has 6 heteroatoms. The summed E-state index contributed by atoms with van der Waals surface area (Å²) >= 11 is 0. The Morgan fingerprint density at radius 2 is 2.14 bits per heavy atom. The van der Waals surface area contributed by atoms with Crippen LogP contribution in [0.1, 0.15) is 16.1 Å². The molecular weight excluding hydrogens is 266 g/mol. The Morgan fingerprint density at radius 3 is 2.71 bits per heavy atom. The van der Waals surface area contributed by atoms with Crippen LogP contribution in [0.3, 0.4) is 0 Å². The van der Waals surface area contributed by atoms with Crippen LogP contribution in [0.15, 0.2) is 30.5 Å². The van der Waals surface area contributed by atoms with Gasteiger partial charge in [-0.2, -0.15) is 5.10 Å². The van der Waals surface area contributed by atoms with Crippen molar-refractivity contribution < 1.29 is 4.79 Å². The molecule has 0 radical (unpaired) electrons. The van der Waals surface area contributed by atoms with Crippen LogP contribution in [0, 0.1) is 0 Å². The molecule has 0 aliphatic heterocycles. The number of nitrogens with two attached hydrogens (primary N) is 1. The summed E-state index contributed by atoms with van der Waals surface area (Å²) in [6, 6.07) is 7.27. The predicted octanol–water partition coefficient (Wildman–Crippen LogP) is 1.04. The number of anilines is 2. The molecule has 0 aliphatic rings. The zero-order chi connectivity index (χ0) is 15.4. The summed E-state index contributed by atoms with van der Waals surface area (Å²) in [6.45, 7) is 0.547. The zero-order valence-electron chi connectivity index (χ0n) is 12.6. The summed E-state index contributed by atoms with van der Waals surface area (Å²) in [4.78, 5) is 14.0. The van der Waals surface area contributed by atoms with Gasteiger partial charge in [-0.1, -0.05) is 0 Å². The molecule has 21 heavy (non-hydrogen) atoms. The van der Waals surface area contributed by atoms with Gasteiger partial charge in [-0.15, -0.1) is 0 Å². The minimum Gasteiger partial charge on any atom is -0.397 e. The highest BCUT2D eigenvalue weighted by molar-refractivity contribution is 5.96. The Labute approximate surface area is 124 Å². The number of rotatable bonds is 5. The number of carbonyl (C=O) groups is 1. The molecule has 1 aromatic carbocycles. The molecule has 112 valence electrons. The number of aromatic nitrogens is 2. The molecule has 0 fully saturated rings. The number of aryl methyl sites for hydroxylation is 1. The van der Waals surface area contributed by atoms with Crippen molar-refractivity contribution in [2.75, 3.05) is 31.3 Å². The van der Waals surface area contributed by atoms with E-state index in [1.807, 2.05) is 44.4 Å². The Kier molecular flexibility index (Phi) is 4.47. The third-order valence-electron chi connectivity index (χ3n) is 3.21. The molecule has 2 aromatic rings. The van der Waals surface area contributed by atoms with Gasteiger partial charge in [0.25, 0.3) is 5.91 Å². The molecule has 2 rings (SSSR count). The smallest absolute Gasteiger partial charge is 0.251 e. The predicted molar refractivity (Wildman–Crippen MR) is 84.4 cm³/mol. The number of carbonyl (C=O) groups excluding carboxylic acids is 1. The van der Waals surface area contributed by atoms with E-state index in [4.69, 9.17) is 5.73 Å². The van der Waals surface area contributed by atoms with Crippen molar-refractivity contribution in [1.29, 1.82) is 0 Å². The van der Waals surface area contributed by atoms with E-state index in [0.29, 0.717) is 24.2 Å². The molecule has 1 aromatic heterocycles. The number of hydrogen-bond acceptors (Lipinski definition) is 4. The van der Waals surface area contributed by atoms with Crippen LogP contribution < -0.4 is 16.0 Å². The second-order valence-electron chi connectivity index (χ2n) is 5.15. The first-order chi connectivity index (χ1) is 9.97. The van der Waals surface area contributed by atoms with E-state index in [1.54, 1.807) is 16.8 Å². The second kappa shape index (κ2) is 6.30. The standard InChI is InChI=1S/C15H21N5O/c1-19(2)14-5-4-11(10-13(14)16)15(21)17-8-6-12-7-9-20(3)18-12/h4-5,7,9-10H,6,8,16H2,1-3H3,(H,17,21). The van der Waals surface area contributed by atoms with E-state index in [9.17, 15) is 4.79 Å². The molecule has 0 spiro atoms. The summed E-state index contributed by atoms with van der Waals surface area (Å²) in [5.41, 5.74) is 8.97. The Hall–Kier alpha value is -2.50. The maximum absolute atomic E-state index is 12.1. The number of hydrogen-bond donors (Lipinski definition) is 2. The average Bonchev–Trinajstić information content (AvgIpc) is 2.83. The van der Waals surface area contributed by atoms with Gasteiger partial charge >= 0.3 is 0 Å². The SMILES string of the molecule is CN(C)c1ccc(C(=O)NCCc2ccn(C)n2)cc1N. The third-order valence-corrected chi connectivity index (χ3v) is 3.21. The van der Waals surface area contributed by atoms with E-state index >= 15 is 0 Å². The first-order valence-corrected chi connectivity index (χ1v) is 6.81. The van der Waals surface area contributed by atoms with Crippen LogP contribution >= 0.6 is 0 Å². The van der Waals surface area contributed by atoms with Gasteiger partial charge in [-0.05, 0) is 24.3 Å².